The van der Waals surface area contributed by atoms with E-state index in [2.05, 4.69) is 9.36 Å². The lowest BCUT2D eigenvalue weighted by Gasteiger charge is -2.09. The molecule has 0 saturated carbocycles. The highest BCUT2D eigenvalue weighted by Crippen LogP contribution is 2.36. The first-order valence-electron chi connectivity index (χ1n) is 5.37. The Morgan fingerprint density at radius 1 is 1.50 bits per heavy atom. The maximum Gasteiger partial charge on any atom is 0.174 e. The summed E-state index contributed by atoms with van der Waals surface area (Å²) in [5.74, 6) is -0.222. The zero-order valence-corrected chi connectivity index (χ0v) is 11.4. The molecule has 18 heavy (non-hydrogen) atoms. The van der Waals surface area contributed by atoms with Crippen LogP contribution in [0.5, 0.6) is 5.75 Å². The molecule has 0 spiro atoms. The molecule has 0 amide bonds. The number of hydrogen-bond acceptors (Lipinski definition) is 6. The van der Waals surface area contributed by atoms with Crippen LogP contribution < -0.4 is 10.5 Å². The Labute approximate surface area is 113 Å². The van der Waals surface area contributed by atoms with Gasteiger partial charge in [0.05, 0.1) is 6.61 Å². The van der Waals surface area contributed by atoms with Crippen molar-refractivity contribution in [1.82, 2.24) is 9.36 Å². The van der Waals surface area contributed by atoms with Crippen molar-refractivity contribution in [1.29, 1.82) is 0 Å². The Bertz CT molecular complexity index is 519. The van der Waals surface area contributed by atoms with Gasteiger partial charge >= 0.3 is 0 Å². The van der Waals surface area contributed by atoms with Gasteiger partial charge in [-0.05, 0) is 24.0 Å². The van der Waals surface area contributed by atoms with E-state index in [9.17, 15) is 4.39 Å². The molecule has 4 nitrogen and oxygen atoms in total. The van der Waals surface area contributed by atoms with E-state index in [0.717, 1.165) is 15.7 Å². The largest absolute Gasteiger partial charge is 0.490 e. The van der Waals surface area contributed by atoms with Crippen LogP contribution in [0.25, 0.3) is 0 Å². The van der Waals surface area contributed by atoms with Crippen LogP contribution in [-0.4, -0.2) is 16.0 Å². The molecule has 2 rings (SSSR count). The zero-order chi connectivity index (χ0) is 13.0. The number of halogens is 1. The lowest BCUT2D eigenvalue weighted by molar-refractivity contribution is 0.300. The van der Waals surface area contributed by atoms with E-state index in [4.69, 9.17) is 10.5 Å². The summed E-state index contributed by atoms with van der Waals surface area (Å²) < 4.78 is 23.6. The van der Waals surface area contributed by atoms with Gasteiger partial charge in [0.2, 0.25) is 0 Å². The molecule has 0 saturated heterocycles. The number of rotatable bonds is 5. The van der Waals surface area contributed by atoms with Gasteiger partial charge in [0.1, 0.15) is 6.33 Å². The third-order valence-electron chi connectivity index (χ3n) is 2.06. The maximum absolute atomic E-state index is 13.6. The van der Waals surface area contributed by atoms with E-state index >= 15 is 0 Å². The molecule has 1 aromatic heterocycles. The van der Waals surface area contributed by atoms with E-state index in [-0.39, 0.29) is 5.75 Å². The van der Waals surface area contributed by atoms with E-state index in [1.165, 1.54) is 35.7 Å². The Kier molecular flexibility index (Phi) is 4.38. The summed E-state index contributed by atoms with van der Waals surface area (Å²) in [6, 6.07) is 2.88. The summed E-state index contributed by atoms with van der Waals surface area (Å²) in [5, 5.41) is 0. The lowest BCUT2D eigenvalue weighted by atomic mass is 10.3. The van der Waals surface area contributed by atoms with Crippen LogP contribution >= 0.6 is 23.3 Å². The summed E-state index contributed by atoms with van der Waals surface area (Å²) in [5.41, 5.74) is 6.15. The lowest BCUT2D eigenvalue weighted by Crippen LogP contribution is -1.99. The van der Waals surface area contributed by atoms with Crippen LogP contribution in [0.3, 0.4) is 0 Å². The number of nitrogens with two attached hydrogens (primary N) is 1. The number of hydrogen-bond donors (Lipinski definition) is 1. The quantitative estimate of drug-likeness (QED) is 0.855. The Balaban J connectivity index is 2.23. The summed E-state index contributed by atoms with van der Waals surface area (Å²) >= 11 is 2.62. The molecule has 1 aromatic carbocycles. The van der Waals surface area contributed by atoms with E-state index in [1.54, 1.807) is 6.07 Å². The summed E-state index contributed by atoms with van der Waals surface area (Å²) in [6.45, 7) is 2.44. The van der Waals surface area contributed by atoms with Crippen LogP contribution in [0.1, 0.15) is 13.3 Å². The first-order chi connectivity index (χ1) is 8.70. The average Bonchev–Trinajstić information content (AvgIpc) is 2.84. The van der Waals surface area contributed by atoms with Crippen molar-refractivity contribution < 1.29 is 9.13 Å². The fraction of sp³-hybridized carbons (Fsp3) is 0.273. The second-order valence-electron chi connectivity index (χ2n) is 3.48. The molecule has 0 atom stereocenters. The minimum Gasteiger partial charge on any atom is -0.490 e. The van der Waals surface area contributed by atoms with Crippen molar-refractivity contribution in [2.24, 2.45) is 0 Å². The Morgan fingerprint density at radius 2 is 2.33 bits per heavy atom. The fourth-order valence-corrected chi connectivity index (χ4v) is 2.72. The molecule has 0 aliphatic carbocycles. The maximum atomic E-state index is 13.6. The predicted octanol–water partition coefficient (Wildman–Crippen LogP) is 3.20. The van der Waals surface area contributed by atoms with Crippen LogP contribution in [0.4, 0.5) is 10.1 Å². The summed E-state index contributed by atoms with van der Waals surface area (Å²) in [7, 11) is 0. The fourth-order valence-electron chi connectivity index (χ4n) is 1.26. The number of nitrogen functional groups attached to an aromatic ring is 1. The van der Waals surface area contributed by atoms with Gasteiger partial charge in [0.15, 0.2) is 15.9 Å². The van der Waals surface area contributed by atoms with Crippen LogP contribution in [-0.2, 0) is 0 Å². The van der Waals surface area contributed by atoms with Crippen molar-refractivity contribution in [2.75, 3.05) is 12.3 Å². The standard InChI is InChI=1S/C11H12FN3OS2/c1-2-3-16-9-5-10(8(13)4-7(9)12)17-11-14-6-15-18-11/h4-6H,2-3,13H2,1H3. The van der Waals surface area contributed by atoms with Gasteiger partial charge in [-0.25, -0.2) is 9.37 Å². The molecule has 96 valence electrons. The molecule has 2 N–H and O–H groups in total. The van der Waals surface area contributed by atoms with Crippen LogP contribution in [0.2, 0.25) is 0 Å². The topological polar surface area (TPSA) is 61.0 Å². The van der Waals surface area contributed by atoms with Crippen molar-refractivity contribution in [2.45, 2.75) is 22.6 Å². The van der Waals surface area contributed by atoms with Crippen molar-refractivity contribution in [3.8, 4) is 5.75 Å². The first kappa shape index (κ1) is 13.1. The number of anilines is 1. The first-order valence-corrected chi connectivity index (χ1v) is 6.96. The van der Waals surface area contributed by atoms with Gasteiger partial charge in [-0.2, -0.15) is 4.37 Å². The zero-order valence-electron chi connectivity index (χ0n) is 9.72. The Morgan fingerprint density at radius 3 is 3.00 bits per heavy atom. The molecule has 0 aliphatic rings. The molecule has 1 heterocycles. The number of benzene rings is 1. The molecule has 2 aromatic rings. The predicted molar refractivity (Wildman–Crippen MR) is 70.6 cm³/mol. The highest BCUT2D eigenvalue weighted by Gasteiger charge is 2.11. The number of aromatic nitrogens is 2. The molecule has 0 bridgehead atoms. The molecule has 0 radical (unpaired) electrons. The van der Waals surface area contributed by atoms with E-state index in [1.807, 2.05) is 6.92 Å². The molecular formula is C11H12FN3OS2. The van der Waals surface area contributed by atoms with Crippen LogP contribution in [0, 0.1) is 5.82 Å². The average molecular weight is 285 g/mol. The second kappa shape index (κ2) is 6.01. The van der Waals surface area contributed by atoms with E-state index < -0.39 is 5.82 Å². The van der Waals surface area contributed by atoms with Gasteiger partial charge in [0, 0.05) is 16.6 Å². The number of nitrogens with zero attached hydrogens (tertiary/aromatic N) is 2. The van der Waals surface area contributed by atoms with Gasteiger partial charge < -0.3 is 10.5 Å². The van der Waals surface area contributed by atoms with Crippen molar-refractivity contribution >= 4 is 29.0 Å². The molecule has 0 unspecified atom stereocenters. The molecular weight excluding hydrogens is 273 g/mol. The highest BCUT2D eigenvalue weighted by molar-refractivity contribution is 8.01. The minimum atomic E-state index is -0.442. The smallest absolute Gasteiger partial charge is 0.174 e. The molecule has 0 fully saturated rings. The second-order valence-corrected chi connectivity index (χ2v) is 5.55. The summed E-state index contributed by atoms with van der Waals surface area (Å²) in [4.78, 5) is 4.77. The minimum absolute atomic E-state index is 0.220. The normalized spacial score (nSPS) is 10.6. The van der Waals surface area contributed by atoms with Crippen molar-refractivity contribution in [3.63, 3.8) is 0 Å². The Hall–Kier alpha value is -1.34. The number of ether oxygens (including phenoxy) is 1. The highest BCUT2D eigenvalue weighted by atomic mass is 32.2. The van der Waals surface area contributed by atoms with Crippen LogP contribution in [0.15, 0.2) is 27.7 Å². The molecule has 7 heteroatoms. The molecule has 0 aliphatic heterocycles. The van der Waals surface area contributed by atoms with E-state index in [0.29, 0.717) is 12.3 Å². The third-order valence-corrected chi connectivity index (χ3v) is 3.85. The van der Waals surface area contributed by atoms with Gasteiger partial charge in [0.25, 0.3) is 0 Å². The summed E-state index contributed by atoms with van der Waals surface area (Å²) in [6.07, 6.45) is 2.30. The van der Waals surface area contributed by atoms with Gasteiger partial charge in [-0.15, -0.1) is 0 Å². The van der Waals surface area contributed by atoms with Crippen molar-refractivity contribution in [3.05, 3.63) is 24.3 Å². The van der Waals surface area contributed by atoms with Gasteiger partial charge in [-0.3, -0.25) is 0 Å². The SMILES string of the molecule is CCCOc1cc(Sc2ncns2)c(N)cc1F. The monoisotopic (exact) mass is 285 g/mol. The third kappa shape index (κ3) is 3.11. The van der Waals surface area contributed by atoms with Gasteiger partial charge in [-0.1, -0.05) is 18.7 Å².